The van der Waals surface area contributed by atoms with Crippen LogP contribution in [0.15, 0.2) is 36.4 Å². The summed E-state index contributed by atoms with van der Waals surface area (Å²) in [6, 6.07) is 10.2. The second kappa shape index (κ2) is 6.04. The molecule has 0 saturated heterocycles. The van der Waals surface area contributed by atoms with Gasteiger partial charge >= 0.3 is 0 Å². The number of fused-ring (bicyclic) bond motifs is 1. The molecule has 0 spiro atoms. The third-order valence-corrected chi connectivity index (χ3v) is 4.77. The molecule has 0 bridgehead atoms. The normalized spacial score (nSPS) is 16.4. The molecule has 0 fully saturated rings. The fraction of sp³-hybridized carbons (Fsp3) is 0.176. The zero-order valence-corrected chi connectivity index (χ0v) is 13.7. The Kier molecular flexibility index (Phi) is 4.26. The van der Waals surface area contributed by atoms with E-state index in [-0.39, 0.29) is 16.9 Å². The Labute approximate surface area is 143 Å². The number of hydrogen-bond donors (Lipinski definition) is 0. The van der Waals surface area contributed by atoms with E-state index < -0.39 is 0 Å². The van der Waals surface area contributed by atoms with E-state index >= 15 is 0 Å². The molecule has 3 rings (SSSR count). The molecule has 2 nitrogen and oxygen atoms in total. The lowest BCUT2D eigenvalue weighted by Crippen LogP contribution is -2.07. The van der Waals surface area contributed by atoms with Crippen LogP contribution in [0.3, 0.4) is 0 Å². The van der Waals surface area contributed by atoms with Gasteiger partial charge < -0.3 is 0 Å². The lowest BCUT2D eigenvalue weighted by Gasteiger charge is -2.06. The van der Waals surface area contributed by atoms with E-state index in [9.17, 15) is 9.59 Å². The van der Waals surface area contributed by atoms with Crippen LogP contribution in [0.1, 0.15) is 27.0 Å². The highest BCUT2D eigenvalue weighted by Gasteiger charge is 2.27. The molecule has 1 unspecified atom stereocenters. The van der Waals surface area contributed by atoms with E-state index in [1.165, 1.54) is 0 Å². The summed E-state index contributed by atoms with van der Waals surface area (Å²) in [6.07, 6.45) is 1.20. The average Bonchev–Trinajstić information content (AvgIpc) is 2.92. The van der Waals surface area contributed by atoms with E-state index in [0.717, 1.165) is 11.1 Å². The molecule has 1 aliphatic carbocycles. The first-order valence-corrected chi connectivity index (χ1v) is 7.90. The Morgan fingerprint density at radius 3 is 2.41 bits per heavy atom. The number of halogens is 3. The predicted molar refractivity (Wildman–Crippen MR) is 88.1 cm³/mol. The Morgan fingerprint density at radius 2 is 1.68 bits per heavy atom. The average molecular weight is 354 g/mol. The predicted octanol–water partition coefficient (Wildman–Crippen LogP) is 4.70. The van der Waals surface area contributed by atoms with Crippen LogP contribution in [-0.2, 0) is 17.6 Å². The fourth-order valence-corrected chi connectivity index (χ4v) is 3.28. The van der Waals surface area contributed by atoms with Gasteiger partial charge in [0.15, 0.2) is 5.78 Å². The summed E-state index contributed by atoms with van der Waals surface area (Å²) < 4.78 is 0. The zero-order chi connectivity index (χ0) is 15.9. The standard InChI is InChI=1S/C17H11Cl3O2/c18-13-3-4-15(19)14(8-13)16(21)10-2-1-9-5-12(17(20)22)7-11(9)6-10/h1-4,6,8,12H,5,7H2. The molecule has 5 heteroatoms. The van der Waals surface area contributed by atoms with Gasteiger partial charge in [-0.25, -0.2) is 0 Å². The number of benzene rings is 2. The highest BCUT2D eigenvalue weighted by atomic mass is 35.5. The van der Waals surface area contributed by atoms with Crippen LogP contribution in [0.5, 0.6) is 0 Å². The second-order valence-electron chi connectivity index (χ2n) is 5.35. The smallest absolute Gasteiger partial charge is 0.225 e. The van der Waals surface area contributed by atoms with Crippen molar-refractivity contribution >= 4 is 45.8 Å². The SMILES string of the molecule is O=C(c1ccc2c(c1)CC(C(=O)Cl)C2)c1cc(Cl)ccc1Cl. The molecule has 2 aromatic rings. The Bertz CT molecular complexity index is 783. The molecular formula is C17H11Cl3O2. The van der Waals surface area contributed by atoms with Gasteiger partial charge in [-0.15, -0.1) is 0 Å². The molecular weight excluding hydrogens is 343 g/mol. The molecule has 0 radical (unpaired) electrons. The summed E-state index contributed by atoms with van der Waals surface area (Å²) in [4.78, 5) is 23.9. The van der Waals surface area contributed by atoms with Gasteiger partial charge in [-0.3, -0.25) is 9.59 Å². The third kappa shape index (κ3) is 2.91. The fourth-order valence-electron chi connectivity index (χ4n) is 2.75. The molecule has 0 aromatic heterocycles. The number of carbonyl (C=O) groups excluding carboxylic acids is 2. The first-order valence-electron chi connectivity index (χ1n) is 6.76. The minimum Gasteiger partial charge on any atom is -0.289 e. The van der Waals surface area contributed by atoms with Gasteiger partial charge in [-0.05, 0) is 59.8 Å². The van der Waals surface area contributed by atoms with Crippen LogP contribution in [0, 0.1) is 5.92 Å². The summed E-state index contributed by atoms with van der Waals surface area (Å²) in [5, 5.41) is 0.493. The number of rotatable bonds is 3. The zero-order valence-electron chi connectivity index (χ0n) is 11.4. The summed E-state index contributed by atoms with van der Waals surface area (Å²) in [6.45, 7) is 0. The Hall–Kier alpha value is -1.35. The van der Waals surface area contributed by atoms with Crippen LogP contribution in [0.4, 0.5) is 0 Å². The van der Waals surface area contributed by atoms with Gasteiger partial charge in [-0.2, -0.15) is 0 Å². The van der Waals surface area contributed by atoms with Gasteiger partial charge in [0.2, 0.25) is 5.24 Å². The molecule has 1 atom stereocenters. The molecule has 0 N–H and O–H groups in total. The minimum absolute atomic E-state index is 0.184. The molecule has 0 heterocycles. The maximum Gasteiger partial charge on any atom is 0.225 e. The molecule has 0 aliphatic heterocycles. The van der Waals surface area contributed by atoms with Gasteiger partial charge in [0.1, 0.15) is 0 Å². The largest absolute Gasteiger partial charge is 0.289 e. The van der Waals surface area contributed by atoms with Crippen molar-refractivity contribution in [2.24, 2.45) is 5.92 Å². The van der Waals surface area contributed by atoms with Crippen molar-refractivity contribution in [3.05, 3.63) is 68.7 Å². The number of carbonyl (C=O) groups is 2. The van der Waals surface area contributed by atoms with Crippen LogP contribution in [0.25, 0.3) is 0 Å². The second-order valence-corrected chi connectivity index (χ2v) is 6.56. The number of hydrogen-bond acceptors (Lipinski definition) is 2. The lowest BCUT2D eigenvalue weighted by atomic mass is 9.99. The van der Waals surface area contributed by atoms with E-state index in [2.05, 4.69) is 0 Å². The lowest BCUT2D eigenvalue weighted by molar-refractivity contribution is -0.114. The van der Waals surface area contributed by atoms with Gasteiger partial charge in [0, 0.05) is 22.1 Å². The van der Waals surface area contributed by atoms with Crippen molar-refractivity contribution in [2.75, 3.05) is 0 Å². The third-order valence-electron chi connectivity index (χ3n) is 3.90. The van der Waals surface area contributed by atoms with E-state index in [1.54, 1.807) is 24.3 Å². The molecule has 2 aromatic carbocycles. The van der Waals surface area contributed by atoms with E-state index in [4.69, 9.17) is 34.8 Å². The first-order chi connectivity index (χ1) is 10.5. The summed E-state index contributed by atoms with van der Waals surface area (Å²) in [5.41, 5.74) is 2.96. The number of ketones is 1. The van der Waals surface area contributed by atoms with E-state index in [0.29, 0.717) is 34.0 Å². The van der Waals surface area contributed by atoms with E-state index in [1.807, 2.05) is 12.1 Å². The molecule has 22 heavy (non-hydrogen) atoms. The summed E-state index contributed by atoms with van der Waals surface area (Å²) in [7, 11) is 0. The van der Waals surface area contributed by atoms with Crippen LogP contribution in [0.2, 0.25) is 10.0 Å². The molecule has 0 amide bonds. The van der Waals surface area contributed by atoms with Crippen molar-refractivity contribution in [1.29, 1.82) is 0 Å². The highest BCUT2D eigenvalue weighted by molar-refractivity contribution is 6.64. The van der Waals surface area contributed by atoms with Crippen molar-refractivity contribution in [1.82, 2.24) is 0 Å². The monoisotopic (exact) mass is 352 g/mol. The van der Waals surface area contributed by atoms with Gasteiger partial charge in [-0.1, -0.05) is 35.3 Å². The maximum absolute atomic E-state index is 12.6. The van der Waals surface area contributed by atoms with Gasteiger partial charge in [0.05, 0.1) is 5.02 Å². The van der Waals surface area contributed by atoms with Crippen molar-refractivity contribution in [3.8, 4) is 0 Å². The van der Waals surface area contributed by atoms with Crippen LogP contribution >= 0.6 is 34.8 Å². The van der Waals surface area contributed by atoms with Crippen molar-refractivity contribution in [3.63, 3.8) is 0 Å². The topological polar surface area (TPSA) is 34.1 Å². The van der Waals surface area contributed by atoms with Gasteiger partial charge in [0.25, 0.3) is 0 Å². The Morgan fingerprint density at radius 1 is 0.955 bits per heavy atom. The summed E-state index contributed by atoms with van der Waals surface area (Å²) in [5.74, 6) is -0.382. The molecule has 0 saturated carbocycles. The Balaban J connectivity index is 1.94. The first kappa shape index (κ1) is 15.5. The maximum atomic E-state index is 12.6. The quantitative estimate of drug-likeness (QED) is 0.592. The van der Waals surface area contributed by atoms with Crippen LogP contribution in [-0.4, -0.2) is 11.0 Å². The minimum atomic E-state index is -0.332. The van der Waals surface area contributed by atoms with Crippen LogP contribution < -0.4 is 0 Å². The molecule has 112 valence electrons. The van der Waals surface area contributed by atoms with Crippen molar-refractivity contribution in [2.45, 2.75) is 12.8 Å². The summed E-state index contributed by atoms with van der Waals surface area (Å²) >= 11 is 17.6. The van der Waals surface area contributed by atoms with Crippen molar-refractivity contribution < 1.29 is 9.59 Å². The molecule has 1 aliphatic rings. The highest BCUT2D eigenvalue weighted by Crippen LogP contribution is 2.30.